The molecule has 11 heteroatoms. The van der Waals surface area contributed by atoms with Crippen LogP contribution >= 0.6 is 0 Å². The molecule has 0 saturated carbocycles. The minimum atomic E-state index is -4.89. The highest BCUT2D eigenvalue weighted by Gasteiger charge is 2.40. The summed E-state index contributed by atoms with van der Waals surface area (Å²) in [5, 5.41) is 4.89. The van der Waals surface area contributed by atoms with Gasteiger partial charge in [0, 0.05) is 0 Å². The number of halogens is 3. The number of amides is 1. The summed E-state index contributed by atoms with van der Waals surface area (Å²) < 4.78 is 51.2. The van der Waals surface area contributed by atoms with Crippen LogP contribution < -0.4 is 10.9 Å². The van der Waals surface area contributed by atoms with E-state index in [2.05, 4.69) is 15.5 Å². The molecule has 172 valence electrons. The molecule has 3 aromatic rings. The first-order valence-electron chi connectivity index (χ1n) is 9.91. The topological polar surface area (TPSA) is 99.2 Å². The van der Waals surface area contributed by atoms with Crippen LogP contribution in [0.5, 0.6) is 0 Å². The van der Waals surface area contributed by atoms with E-state index in [1.165, 1.54) is 0 Å². The Kier molecular flexibility index (Phi) is 6.29. The van der Waals surface area contributed by atoms with Crippen molar-refractivity contribution in [1.29, 1.82) is 0 Å². The van der Waals surface area contributed by atoms with Crippen LogP contribution in [0.25, 0.3) is 11.1 Å². The third-order valence-electron chi connectivity index (χ3n) is 4.49. The highest BCUT2D eigenvalue weighted by Crippen LogP contribution is 2.32. The van der Waals surface area contributed by atoms with Gasteiger partial charge in [0.1, 0.15) is 16.8 Å². The number of rotatable bonds is 5. The van der Waals surface area contributed by atoms with Crippen molar-refractivity contribution in [3.63, 3.8) is 0 Å². The fraction of sp³-hybridized carbons (Fsp3) is 0.429. The van der Waals surface area contributed by atoms with E-state index in [-0.39, 0.29) is 18.8 Å². The van der Waals surface area contributed by atoms with Gasteiger partial charge in [0.2, 0.25) is 5.69 Å². The smallest absolute Gasteiger partial charge is 0.437 e. The minimum absolute atomic E-state index is 0.0320. The van der Waals surface area contributed by atoms with Gasteiger partial charge in [0.05, 0.1) is 12.6 Å². The lowest BCUT2D eigenvalue weighted by Crippen LogP contribution is -2.38. The van der Waals surface area contributed by atoms with E-state index in [0.29, 0.717) is 5.56 Å². The normalized spacial score (nSPS) is 13.2. The molecule has 8 nitrogen and oxygen atoms in total. The summed E-state index contributed by atoms with van der Waals surface area (Å²) >= 11 is 0. The lowest BCUT2D eigenvalue weighted by molar-refractivity contribution is -0.141. The van der Waals surface area contributed by atoms with Gasteiger partial charge in [-0.2, -0.15) is 18.2 Å². The maximum Gasteiger partial charge on any atom is 0.437 e. The van der Waals surface area contributed by atoms with Gasteiger partial charge in [0.25, 0.3) is 11.3 Å². The number of hydrogen-bond acceptors (Lipinski definition) is 6. The zero-order valence-electron chi connectivity index (χ0n) is 18.0. The molecule has 0 aliphatic heterocycles. The number of aromatic nitrogens is 3. The van der Waals surface area contributed by atoms with E-state index in [1.807, 2.05) is 0 Å². The number of nitrogens with zero attached hydrogens (tertiary/aromatic N) is 3. The zero-order valence-corrected chi connectivity index (χ0v) is 18.0. The second kappa shape index (κ2) is 8.64. The molecule has 0 saturated heterocycles. The lowest BCUT2D eigenvalue weighted by Gasteiger charge is -2.24. The summed E-state index contributed by atoms with van der Waals surface area (Å²) in [7, 11) is 0. The number of nitrogens with one attached hydrogen (secondary N) is 1. The summed E-state index contributed by atoms with van der Waals surface area (Å²) in [6.07, 6.45) is -5.36. The van der Waals surface area contributed by atoms with E-state index < -0.39 is 46.3 Å². The molecule has 0 spiro atoms. The third kappa shape index (κ3) is 5.09. The Bertz CT molecular complexity index is 1160. The summed E-state index contributed by atoms with van der Waals surface area (Å²) in [6, 6.07) is 7.87. The number of carbonyl (C=O) groups is 1. The van der Waals surface area contributed by atoms with Crippen LogP contribution in [-0.4, -0.2) is 26.4 Å². The molecule has 3 rings (SSSR count). The Morgan fingerprint density at radius 2 is 1.88 bits per heavy atom. The van der Waals surface area contributed by atoms with Gasteiger partial charge in [-0.1, -0.05) is 42.4 Å². The average Bonchev–Trinajstić information content (AvgIpc) is 3.12. The van der Waals surface area contributed by atoms with E-state index in [9.17, 15) is 22.8 Å². The van der Waals surface area contributed by atoms with E-state index >= 15 is 0 Å². The van der Waals surface area contributed by atoms with Crippen LogP contribution in [0.15, 0.2) is 39.6 Å². The number of carbonyl (C=O) groups excluding carboxylic acids is 1. The second-order valence-corrected chi connectivity index (χ2v) is 8.16. The SMILES string of the molecule is CCC(NC(=O)OC(C)(C)C)c1nc2onc(C(F)(F)F)c2c(=O)n1Cc1ccccc1. The van der Waals surface area contributed by atoms with Crippen molar-refractivity contribution in [1.82, 2.24) is 20.0 Å². The molecule has 32 heavy (non-hydrogen) atoms. The number of hydrogen-bond donors (Lipinski definition) is 1. The number of benzene rings is 1. The van der Waals surface area contributed by atoms with Gasteiger partial charge >= 0.3 is 12.3 Å². The molecular weight excluding hydrogens is 429 g/mol. The average molecular weight is 452 g/mol. The summed E-state index contributed by atoms with van der Waals surface area (Å²) in [5.41, 5.74) is -3.06. The third-order valence-corrected chi connectivity index (χ3v) is 4.49. The molecule has 0 radical (unpaired) electrons. The standard InChI is InChI=1S/C21H23F3N4O4/c1-5-13(25-19(30)31-20(2,3)4)16-26-17-14(15(27-32-17)21(22,23)24)18(29)28(16)11-12-9-7-6-8-10-12/h6-10,13H,5,11H2,1-4H3,(H,25,30). The van der Waals surface area contributed by atoms with Gasteiger partial charge in [-0.05, 0) is 32.8 Å². The fourth-order valence-corrected chi connectivity index (χ4v) is 3.13. The van der Waals surface area contributed by atoms with E-state index in [4.69, 9.17) is 9.26 Å². The molecule has 2 heterocycles. The Balaban J connectivity index is 2.16. The van der Waals surface area contributed by atoms with E-state index in [0.717, 1.165) is 4.57 Å². The Hall–Kier alpha value is -3.37. The van der Waals surface area contributed by atoms with Gasteiger partial charge < -0.3 is 14.6 Å². The quantitative estimate of drug-likeness (QED) is 0.615. The van der Waals surface area contributed by atoms with Crippen LogP contribution in [0.4, 0.5) is 18.0 Å². The summed E-state index contributed by atoms with van der Waals surface area (Å²) in [5.74, 6) is 0.0320. The molecule has 1 atom stereocenters. The van der Waals surface area contributed by atoms with Crippen LogP contribution in [0.3, 0.4) is 0 Å². The first kappa shape index (κ1) is 23.3. The molecule has 0 aliphatic rings. The predicted octanol–water partition coefficient (Wildman–Crippen LogP) is 4.43. The van der Waals surface area contributed by atoms with Crippen molar-refractivity contribution in [3.8, 4) is 0 Å². The maximum atomic E-state index is 13.4. The molecule has 1 N–H and O–H groups in total. The molecule has 0 aliphatic carbocycles. The highest BCUT2D eigenvalue weighted by atomic mass is 19.4. The van der Waals surface area contributed by atoms with Crippen molar-refractivity contribution >= 4 is 17.2 Å². The highest BCUT2D eigenvalue weighted by molar-refractivity contribution is 5.75. The van der Waals surface area contributed by atoms with Gasteiger partial charge in [-0.15, -0.1) is 0 Å². The predicted molar refractivity (Wildman–Crippen MR) is 109 cm³/mol. The first-order valence-corrected chi connectivity index (χ1v) is 9.91. The number of fused-ring (bicyclic) bond motifs is 1. The molecule has 1 amide bonds. The largest absolute Gasteiger partial charge is 0.444 e. The van der Waals surface area contributed by atoms with Crippen molar-refractivity contribution < 1.29 is 27.2 Å². The van der Waals surface area contributed by atoms with Crippen molar-refractivity contribution in [2.24, 2.45) is 0 Å². The van der Waals surface area contributed by atoms with Crippen molar-refractivity contribution in [2.45, 2.75) is 58.5 Å². The summed E-state index contributed by atoms with van der Waals surface area (Å²) in [6.45, 7) is 6.74. The Morgan fingerprint density at radius 3 is 2.44 bits per heavy atom. The molecule has 0 fully saturated rings. The number of ether oxygens (including phenoxy) is 1. The fourth-order valence-electron chi connectivity index (χ4n) is 3.13. The number of alkyl halides is 3. The second-order valence-electron chi connectivity index (χ2n) is 8.16. The van der Waals surface area contributed by atoms with Gasteiger partial charge in [0.15, 0.2) is 0 Å². The van der Waals surface area contributed by atoms with Gasteiger partial charge in [-0.3, -0.25) is 9.36 Å². The first-order chi connectivity index (χ1) is 14.9. The molecule has 2 aromatic heterocycles. The Labute approximate surface area is 181 Å². The van der Waals surface area contributed by atoms with E-state index in [1.54, 1.807) is 58.0 Å². The lowest BCUT2D eigenvalue weighted by atomic mass is 10.1. The summed E-state index contributed by atoms with van der Waals surface area (Å²) in [4.78, 5) is 29.7. The van der Waals surface area contributed by atoms with Crippen LogP contribution in [0.2, 0.25) is 0 Å². The zero-order chi connectivity index (χ0) is 23.7. The van der Waals surface area contributed by atoms with Crippen LogP contribution in [0.1, 0.15) is 57.2 Å². The minimum Gasteiger partial charge on any atom is -0.444 e. The Morgan fingerprint density at radius 1 is 1.22 bits per heavy atom. The van der Waals surface area contributed by atoms with Crippen LogP contribution in [0, 0.1) is 0 Å². The van der Waals surface area contributed by atoms with Gasteiger partial charge in [-0.25, -0.2) is 4.79 Å². The molecule has 0 bridgehead atoms. The monoisotopic (exact) mass is 452 g/mol. The van der Waals surface area contributed by atoms with Crippen LogP contribution in [-0.2, 0) is 17.5 Å². The maximum absolute atomic E-state index is 13.4. The molecule has 1 unspecified atom stereocenters. The number of alkyl carbamates (subject to hydrolysis) is 1. The molecular formula is C21H23F3N4O4. The van der Waals surface area contributed by atoms with Crippen molar-refractivity contribution in [3.05, 3.63) is 57.8 Å². The van der Waals surface area contributed by atoms with Crippen molar-refractivity contribution in [2.75, 3.05) is 0 Å². The molecule has 1 aromatic carbocycles.